The minimum Gasteiger partial charge on any atom is -0.462 e. The first-order valence-corrected chi connectivity index (χ1v) is 33.6. The van der Waals surface area contributed by atoms with Gasteiger partial charge in [-0.3, -0.25) is 14.4 Å². The summed E-state index contributed by atoms with van der Waals surface area (Å²) in [5, 5.41) is 0. The Morgan fingerprint density at radius 3 is 0.776 bits per heavy atom. The zero-order chi connectivity index (χ0) is 55.0. The van der Waals surface area contributed by atoms with Crippen molar-refractivity contribution in [1.29, 1.82) is 0 Å². The van der Waals surface area contributed by atoms with Gasteiger partial charge in [0, 0.05) is 19.3 Å². The van der Waals surface area contributed by atoms with Gasteiger partial charge in [0.2, 0.25) is 0 Å². The molecule has 0 saturated carbocycles. The molecule has 6 heteroatoms. The highest BCUT2D eigenvalue weighted by Gasteiger charge is 2.19. The zero-order valence-electron chi connectivity index (χ0n) is 51.0. The van der Waals surface area contributed by atoms with Gasteiger partial charge in [-0.15, -0.1) is 0 Å². The lowest BCUT2D eigenvalue weighted by molar-refractivity contribution is -0.167. The molecule has 0 rings (SSSR count). The van der Waals surface area contributed by atoms with E-state index in [-0.39, 0.29) is 31.1 Å². The fourth-order valence-corrected chi connectivity index (χ4v) is 9.99. The molecule has 0 N–H and O–H groups in total. The maximum Gasteiger partial charge on any atom is 0.306 e. The molecule has 0 bridgehead atoms. The van der Waals surface area contributed by atoms with Crippen molar-refractivity contribution in [3.63, 3.8) is 0 Å². The van der Waals surface area contributed by atoms with Crippen LogP contribution in [0.25, 0.3) is 0 Å². The average Bonchev–Trinajstić information content (AvgIpc) is 3.42. The molecular weight excluding hydrogens is 937 g/mol. The van der Waals surface area contributed by atoms with Crippen LogP contribution in [0.2, 0.25) is 0 Å². The van der Waals surface area contributed by atoms with Gasteiger partial charge in [0.1, 0.15) is 13.2 Å². The molecule has 0 aliphatic carbocycles. The van der Waals surface area contributed by atoms with E-state index in [0.29, 0.717) is 19.3 Å². The van der Waals surface area contributed by atoms with E-state index in [1.165, 1.54) is 231 Å². The van der Waals surface area contributed by atoms with E-state index in [1.54, 1.807) is 0 Å². The third-order valence-corrected chi connectivity index (χ3v) is 15.0. The smallest absolute Gasteiger partial charge is 0.306 e. The molecule has 0 radical (unpaired) electrons. The first-order valence-electron chi connectivity index (χ1n) is 33.6. The highest BCUT2D eigenvalue weighted by molar-refractivity contribution is 5.71. The summed E-state index contributed by atoms with van der Waals surface area (Å²) in [7, 11) is 0. The lowest BCUT2D eigenvalue weighted by atomic mass is 10.0. The van der Waals surface area contributed by atoms with Gasteiger partial charge in [-0.05, 0) is 77.0 Å². The summed E-state index contributed by atoms with van der Waals surface area (Å²) in [4.78, 5) is 38.3. The zero-order valence-corrected chi connectivity index (χ0v) is 51.0. The molecule has 0 aromatic heterocycles. The van der Waals surface area contributed by atoms with Gasteiger partial charge >= 0.3 is 17.9 Å². The normalized spacial score (nSPS) is 12.3. The number of carbonyl (C=O) groups excluding carboxylic acids is 3. The lowest BCUT2D eigenvalue weighted by Crippen LogP contribution is -2.30. The summed E-state index contributed by atoms with van der Waals surface area (Å²) in [6.07, 6.45) is 81.3. The summed E-state index contributed by atoms with van der Waals surface area (Å²) < 4.78 is 16.9. The Morgan fingerprint density at radius 2 is 0.500 bits per heavy atom. The number of unbranched alkanes of at least 4 members (excludes halogenated alkanes) is 43. The van der Waals surface area contributed by atoms with Gasteiger partial charge < -0.3 is 14.2 Å². The molecule has 444 valence electrons. The molecule has 0 aromatic rings. The summed E-state index contributed by atoms with van der Waals surface area (Å²) >= 11 is 0. The van der Waals surface area contributed by atoms with Crippen LogP contribution in [0.5, 0.6) is 0 Å². The van der Waals surface area contributed by atoms with Crippen LogP contribution < -0.4 is 0 Å². The van der Waals surface area contributed by atoms with Crippen LogP contribution in [0.4, 0.5) is 0 Å². The number of allylic oxidation sites excluding steroid dienone is 8. The number of hydrogen-bond acceptors (Lipinski definition) is 6. The Balaban J connectivity index is 4.26. The number of hydrogen-bond donors (Lipinski definition) is 0. The Kier molecular flexibility index (Phi) is 62.6. The molecule has 0 aromatic carbocycles. The number of carbonyl (C=O) groups is 3. The van der Waals surface area contributed by atoms with Crippen molar-refractivity contribution in [2.75, 3.05) is 13.2 Å². The second-order valence-corrected chi connectivity index (χ2v) is 22.7. The van der Waals surface area contributed by atoms with E-state index >= 15 is 0 Å². The van der Waals surface area contributed by atoms with Crippen LogP contribution in [0.15, 0.2) is 48.6 Å². The number of esters is 3. The first-order chi connectivity index (χ1) is 37.5. The molecular formula is C70H128O6. The molecule has 1 unspecified atom stereocenters. The third-order valence-electron chi connectivity index (χ3n) is 15.0. The Bertz CT molecular complexity index is 1310. The van der Waals surface area contributed by atoms with Gasteiger partial charge in [0.15, 0.2) is 6.10 Å². The van der Waals surface area contributed by atoms with E-state index in [4.69, 9.17) is 14.2 Å². The molecule has 0 heterocycles. The van der Waals surface area contributed by atoms with Crippen molar-refractivity contribution < 1.29 is 28.6 Å². The van der Waals surface area contributed by atoms with Crippen LogP contribution in [0, 0.1) is 0 Å². The van der Waals surface area contributed by atoms with E-state index < -0.39 is 6.10 Å². The minimum atomic E-state index is -0.781. The van der Waals surface area contributed by atoms with Crippen LogP contribution in [0.1, 0.15) is 361 Å². The average molecular weight is 1070 g/mol. The second kappa shape index (κ2) is 64.9. The summed E-state index contributed by atoms with van der Waals surface area (Å²) in [6.45, 7) is 6.61. The Morgan fingerprint density at radius 1 is 0.263 bits per heavy atom. The molecule has 0 amide bonds. The fraction of sp³-hybridized carbons (Fsp3) is 0.843. The monoisotopic (exact) mass is 1060 g/mol. The molecule has 76 heavy (non-hydrogen) atoms. The number of ether oxygens (including phenoxy) is 3. The van der Waals surface area contributed by atoms with Crippen molar-refractivity contribution in [1.82, 2.24) is 0 Å². The van der Waals surface area contributed by atoms with E-state index in [1.807, 2.05) is 0 Å². The van der Waals surface area contributed by atoms with E-state index in [9.17, 15) is 14.4 Å². The molecule has 0 aliphatic rings. The highest BCUT2D eigenvalue weighted by Crippen LogP contribution is 2.18. The Labute approximate surface area is 473 Å². The highest BCUT2D eigenvalue weighted by atomic mass is 16.6. The van der Waals surface area contributed by atoms with Crippen molar-refractivity contribution in [3.8, 4) is 0 Å². The maximum atomic E-state index is 12.9. The number of rotatable bonds is 62. The van der Waals surface area contributed by atoms with Gasteiger partial charge in [0.05, 0.1) is 0 Å². The van der Waals surface area contributed by atoms with Crippen molar-refractivity contribution in [2.24, 2.45) is 0 Å². The maximum absolute atomic E-state index is 12.9. The van der Waals surface area contributed by atoms with Gasteiger partial charge in [0.25, 0.3) is 0 Å². The van der Waals surface area contributed by atoms with E-state index in [0.717, 1.165) is 89.9 Å². The standard InChI is InChI=1S/C70H128O6/c1-4-7-10-13-16-19-22-25-27-29-31-33-34-35-37-38-40-42-45-48-51-54-57-60-63-69(72)75-66-67(65-74-68(71)62-59-56-53-50-47-44-24-21-18-15-12-9-6-3)76-70(73)64-61-58-55-52-49-46-43-41-39-36-32-30-28-26-23-20-17-14-11-8-5-2/h12,15,21,23-24,26,30,32,67H,4-11,13-14,16-20,22,25,27-29,31,33-66H2,1-3H3/b15-12-,24-21-,26-23-,32-30-. The molecule has 0 aliphatic heterocycles. The molecule has 0 saturated heterocycles. The fourth-order valence-electron chi connectivity index (χ4n) is 9.99. The lowest BCUT2D eigenvalue weighted by Gasteiger charge is -2.18. The van der Waals surface area contributed by atoms with Gasteiger partial charge in [-0.2, -0.15) is 0 Å². The predicted molar refractivity (Wildman–Crippen MR) is 330 cm³/mol. The molecule has 0 fully saturated rings. The first kappa shape index (κ1) is 73.4. The minimum absolute atomic E-state index is 0.0757. The summed E-state index contributed by atoms with van der Waals surface area (Å²) in [5.74, 6) is -0.873. The second-order valence-electron chi connectivity index (χ2n) is 22.7. The molecule has 6 nitrogen and oxygen atoms in total. The van der Waals surface area contributed by atoms with Crippen molar-refractivity contribution in [2.45, 2.75) is 367 Å². The van der Waals surface area contributed by atoms with Crippen LogP contribution >= 0.6 is 0 Å². The third kappa shape index (κ3) is 62.2. The van der Waals surface area contributed by atoms with Crippen molar-refractivity contribution in [3.05, 3.63) is 48.6 Å². The van der Waals surface area contributed by atoms with Gasteiger partial charge in [-0.1, -0.05) is 313 Å². The largest absolute Gasteiger partial charge is 0.462 e. The predicted octanol–water partition coefficient (Wildman–Crippen LogP) is 22.9. The molecule has 0 spiro atoms. The van der Waals surface area contributed by atoms with Crippen LogP contribution in [-0.4, -0.2) is 37.2 Å². The van der Waals surface area contributed by atoms with Gasteiger partial charge in [-0.25, -0.2) is 0 Å². The molecule has 1 atom stereocenters. The van der Waals surface area contributed by atoms with E-state index in [2.05, 4.69) is 69.4 Å². The summed E-state index contributed by atoms with van der Waals surface area (Å²) in [6, 6.07) is 0. The SMILES string of the molecule is CCC/C=C\C/C=C\CCCCCCCC(=O)OCC(COC(=O)CCCCCCCCCCCCCCCCCCCCCCCCCC)OC(=O)CCCCCCCCCCC/C=C\C/C=C\CCCCCCC. The van der Waals surface area contributed by atoms with Crippen LogP contribution in [0.3, 0.4) is 0 Å². The Hall–Kier alpha value is -2.63. The quantitative estimate of drug-likeness (QED) is 0.0261. The van der Waals surface area contributed by atoms with Crippen molar-refractivity contribution >= 4 is 17.9 Å². The summed E-state index contributed by atoms with van der Waals surface area (Å²) in [5.41, 5.74) is 0. The topological polar surface area (TPSA) is 78.9 Å². The van der Waals surface area contributed by atoms with Crippen LogP contribution in [-0.2, 0) is 28.6 Å².